The second-order valence-corrected chi connectivity index (χ2v) is 4.03. The van der Waals surface area contributed by atoms with Gasteiger partial charge in [0.25, 0.3) is 5.91 Å². The van der Waals surface area contributed by atoms with Crippen LogP contribution in [0.15, 0.2) is 6.20 Å². The molecular formula is C8H10N2O4S. The Hall–Kier alpha value is -1.47. The zero-order chi connectivity index (χ0) is 11.4. The van der Waals surface area contributed by atoms with Crippen LogP contribution in [0.3, 0.4) is 0 Å². The Bertz CT molecular complexity index is 376. The zero-order valence-corrected chi connectivity index (χ0v) is 8.74. The van der Waals surface area contributed by atoms with E-state index in [1.54, 1.807) is 6.92 Å². The van der Waals surface area contributed by atoms with Crippen molar-refractivity contribution in [2.75, 3.05) is 6.61 Å². The lowest BCUT2D eigenvalue weighted by Crippen LogP contribution is -2.43. The Balaban J connectivity index is 2.66. The fourth-order valence-electron chi connectivity index (χ4n) is 0.881. The minimum absolute atomic E-state index is 0.326. The standard InChI is InChI=1S/C8H10N2O4S/c1-4-9-2-6(15-4)7(12)10-5(3-11)8(13)14/h2,5,11H,3H2,1H3,(H,10,12)(H,13,14)/t5-/m1/s1. The predicted octanol–water partition coefficient (Wildman–Crippen LogP) is -0.373. The summed E-state index contributed by atoms with van der Waals surface area (Å²) in [7, 11) is 0. The van der Waals surface area contributed by atoms with Gasteiger partial charge in [0.2, 0.25) is 0 Å². The van der Waals surface area contributed by atoms with Crippen molar-refractivity contribution in [1.82, 2.24) is 10.3 Å². The number of thiazole rings is 1. The van der Waals surface area contributed by atoms with Gasteiger partial charge in [-0.05, 0) is 6.92 Å². The topological polar surface area (TPSA) is 99.5 Å². The number of aryl methyl sites for hydroxylation is 1. The lowest BCUT2D eigenvalue weighted by molar-refractivity contribution is -0.140. The van der Waals surface area contributed by atoms with Gasteiger partial charge < -0.3 is 15.5 Å². The average Bonchev–Trinajstić information content (AvgIpc) is 2.60. The van der Waals surface area contributed by atoms with Crippen LogP contribution in [0.4, 0.5) is 0 Å². The van der Waals surface area contributed by atoms with E-state index < -0.39 is 24.5 Å². The molecule has 82 valence electrons. The first-order chi connectivity index (χ1) is 7.04. The Labute approximate surface area is 89.6 Å². The van der Waals surface area contributed by atoms with Gasteiger partial charge in [-0.1, -0.05) is 0 Å². The van der Waals surface area contributed by atoms with Crippen LogP contribution in [0.1, 0.15) is 14.7 Å². The third-order valence-corrected chi connectivity index (χ3v) is 2.54. The van der Waals surface area contributed by atoms with Crippen LogP contribution in [0, 0.1) is 6.92 Å². The van der Waals surface area contributed by atoms with Crippen LogP contribution in [-0.2, 0) is 4.79 Å². The molecule has 0 saturated heterocycles. The third kappa shape index (κ3) is 3.00. The van der Waals surface area contributed by atoms with Crippen LogP contribution < -0.4 is 5.32 Å². The number of nitrogens with one attached hydrogen (secondary N) is 1. The van der Waals surface area contributed by atoms with Crippen molar-refractivity contribution in [3.8, 4) is 0 Å². The average molecular weight is 230 g/mol. The third-order valence-electron chi connectivity index (χ3n) is 1.63. The molecule has 0 aromatic carbocycles. The van der Waals surface area contributed by atoms with E-state index in [1.165, 1.54) is 6.20 Å². The summed E-state index contributed by atoms with van der Waals surface area (Å²) in [5.41, 5.74) is 0. The summed E-state index contributed by atoms with van der Waals surface area (Å²) in [4.78, 5) is 26.1. The van der Waals surface area contributed by atoms with E-state index in [-0.39, 0.29) is 0 Å². The molecule has 0 unspecified atom stereocenters. The molecule has 0 aliphatic rings. The lowest BCUT2D eigenvalue weighted by Gasteiger charge is -2.09. The van der Waals surface area contributed by atoms with Crippen molar-refractivity contribution < 1.29 is 19.8 Å². The lowest BCUT2D eigenvalue weighted by atomic mass is 10.3. The van der Waals surface area contributed by atoms with Gasteiger partial charge in [0.1, 0.15) is 4.88 Å². The monoisotopic (exact) mass is 230 g/mol. The van der Waals surface area contributed by atoms with Crippen molar-refractivity contribution >= 4 is 23.2 Å². The van der Waals surface area contributed by atoms with Gasteiger partial charge in [-0.3, -0.25) is 4.79 Å². The molecule has 0 spiro atoms. The highest BCUT2D eigenvalue weighted by atomic mass is 32.1. The molecule has 7 heteroatoms. The van der Waals surface area contributed by atoms with E-state index in [4.69, 9.17) is 10.2 Å². The Morgan fingerprint density at radius 1 is 1.67 bits per heavy atom. The maximum absolute atomic E-state index is 11.4. The summed E-state index contributed by atoms with van der Waals surface area (Å²) in [5.74, 6) is -1.81. The number of carboxylic acids is 1. The largest absolute Gasteiger partial charge is 0.480 e. The first-order valence-electron chi connectivity index (χ1n) is 4.11. The number of carboxylic acid groups (broad SMARTS) is 1. The van der Waals surface area contributed by atoms with Gasteiger partial charge in [-0.25, -0.2) is 9.78 Å². The van der Waals surface area contributed by atoms with E-state index in [1.807, 2.05) is 0 Å². The van der Waals surface area contributed by atoms with Gasteiger partial charge in [-0.15, -0.1) is 11.3 Å². The highest BCUT2D eigenvalue weighted by Gasteiger charge is 2.20. The van der Waals surface area contributed by atoms with Crippen LogP contribution in [0.2, 0.25) is 0 Å². The van der Waals surface area contributed by atoms with E-state index in [2.05, 4.69) is 10.3 Å². The zero-order valence-electron chi connectivity index (χ0n) is 7.93. The van der Waals surface area contributed by atoms with Gasteiger partial charge in [0.05, 0.1) is 17.8 Å². The van der Waals surface area contributed by atoms with Crippen molar-refractivity contribution in [3.63, 3.8) is 0 Å². The molecule has 3 N–H and O–H groups in total. The summed E-state index contributed by atoms with van der Waals surface area (Å²) in [5, 5.41) is 20.2. The molecule has 0 bridgehead atoms. The van der Waals surface area contributed by atoms with Crippen molar-refractivity contribution in [2.24, 2.45) is 0 Å². The van der Waals surface area contributed by atoms with Crippen molar-refractivity contribution in [2.45, 2.75) is 13.0 Å². The van der Waals surface area contributed by atoms with Gasteiger partial charge in [0, 0.05) is 0 Å². The number of hydrogen-bond acceptors (Lipinski definition) is 5. The minimum atomic E-state index is -1.28. The Kier molecular flexibility index (Phi) is 3.75. The predicted molar refractivity (Wildman–Crippen MR) is 52.8 cm³/mol. The van der Waals surface area contributed by atoms with Crippen LogP contribution in [-0.4, -0.2) is 39.7 Å². The Morgan fingerprint density at radius 2 is 2.33 bits per heavy atom. The maximum atomic E-state index is 11.4. The molecule has 0 radical (unpaired) electrons. The fraction of sp³-hybridized carbons (Fsp3) is 0.375. The quantitative estimate of drug-likeness (QED) is 0.655. The molecule has 1 heterocycles. The highest BCUT2D eigenvalue weighted by Crippen LogP contribution is 2.11. The number of hydrogen-bond donors (Lipinski definition) is 3. The molecular weight excluding hydrogens is 220 g/mol. The number of aliphatic hydroxyl groups excluding tert-OH is 1. The molecule has 1 rings (SSSR count). The number of carbonyl (C=O) groups is 2. The molecule has 1 aromatic heterocycles. The van der Waals surface area contributed by atoms with Gasteiger partial charge in [0.15, 0.2) is 6.04 Å². The Morgan fingerprint density at radius 3 is 2.73 bits per heavy atom. The first-order valence-corrected chi connectivity index (χ1v) is 4.93. The number of amides is 1. The molecule has 0 aliphatic heterocycles. The molecule has 15 heavy (non-hydrogen) atoms. The molecule has 0 aliphatic carbocycles. The summed E-state index contributed by atoms with van der Waals surface area (Å²) in [6.45, 7) is 1.10. The van der Waals surface area contributed by atoms with E-state index in [9.17, 15) is 9.59 Å². The number of carbonyl (C=O) groups excluding carboxylic acids is 1. The van der Waals surface area contributed by atoms with Gasteiger partial charge >= 0.3 is 5.97 Å². The van der Waals surface area contributed by atoms with Crippen molar-refractivity contribution in [3.05, 3.63) is 16.1 Å². The van der Waals surface area contributed by atoms with Crippen LogP contribution in [0.25, 0.3) is 0 Å². The second-order valence-electron chi connectivity index (χ2n) is 2.79. The number of nitrogens with zero attached hydrogens (tertiary/aromatic N) is 1. The first kappa shape index (κ1) is 11.6. The summed E-state index contributed by atoms with van der Waals surface area (Å²) < 4.78 is 0. The fourth-order valence-corrected chi connectivity index (χ4v) is 1.56. The normalized spacial score (nSPS) is 12.1. The minimum Gasteiger partial charge on any atom is -0.480 e. The summed E-state index contributed by atoms with van der Waals surface area (Å²) >= 11 is 1.16. The van der Waals surface area contributed by atoms with E-state index in [0.29, 0.717) is 4.88 Å². The number of aliphatic carboxylic acids is 1. The highest BCUT2D eigenvalue weighted by molar-refractivity contribution is 7.13. The van der Waals surface area contributed by atoms with E-state index in [0.717, 1.165) is 16.3 Å². The number of rotatable bonds is 4. The van der Waals surface area contributed by atoms with E-state index >= 15 is 0 Å². The van der Waals surface area contributed by atoms with Crippen molar-refractivity contribution in [1.29, 1.82) is 0 Å². The smallest absolute Gasteiger partial charge is 0.328 e. The van der Waals surface area contributed by atoms with Crippen LogP contribution in [0.5, 0.6) is 0 Å². The molecule has 6 nitrogen and oxygen atoms in total. The number of aliphatic hydroxyl groups is 1. The molecule has 1 atom stereocenters. The molecule has 0 saturated carbocycles. The summed E-state index contributed by atoms with van der Waals surface area (Å²) in [6.07, 6.45) is 1.37. The summed E-state index contributed by atoms with van der Waals surface area (Å²) in [6, 6.07) is -1.28. The molecule has 1 amide bonds. The maximum Gasteiger partial charge on any atom is 0.328 e. The molecule has 0 fully saturated rings. The molecule has 1 aromatic rings. The second kappa shape index (κ2) is 4.85. The van der Waals surface area contributed by atoms with Gasteiger partial charge in [-0.2, -0.15) is 0 Å². The number of aromatic nitrogens is 1. The van der Waals surface area contributed by atoms with Crippen LogP contribution >= 0.6 is 11.3 Å². The SMILES string of the molecule is Cc1ncc(C(=O)N[C@H](CO)C(=O)O)s1.